The lowest BCUT2D eigenvalue weighted by Gasteiger charge is -2.39. The van der Waals surface area contributed by atoms with Gasteiger partial charge in [-0.1, -0.05) is 37.3 Å². The minimum atomic E-state index is -0.279. The lowest BCUT2D eigenvalue weighted by atomic mass is 9.81. The number of aliphatic hydroxyl groups is 1. The van der Waals surface area contributed by atoms with Crippen LogP contribution < -0.4 is 4.90 Å². The number of thiophene rings is 1. The molecule has 0 atom stereocenters. The van der Waals surface area contributed by atoms with E-state index in [0.29, 0.717) is 23.6 Å². The average molecular weight is 440 g/mol. The molecule has 1 aromatic carbocycles. The summed E-state index contributed by atoms with van der Waals surface area (Å²) in [5.41, 5.74) is 1.85. The molecule has 1 N–H and O–H groups in total. The van der Waals surface area contributed by atoms with Gasteiger partial charge in [0.25, 0.3) is 0 Å². The van der Waals surface area contributed by atoms with Gasteiger partial charge in [-0.3, -0.25) is 9.59 Å². The van der Waals surface area contributed by atoms with Crippen molar-refractivity contribution in [2.24, 2.45) is 11.8 Å². The van der Waals surface area contributed by atoms with Gasteiger partial charge in [0.1, 0.15) is 0 Å². The Morgan fingerprint density at radius 3 is 2.23 bits per heavy atom. The molecule has 5 heteroatoms. The topological polar surface area (TPSA) is 57.6 Å². The van der Waals surface area contributed by atoms with Gasteiger partial charge in [0.15, 0.2) is 5.78 Å². The van der Waals surface area contributed by atoms with Crippen molar-refractivity contribution in [2.45, 2.75) is 77.4 Å². The quantitative estimate of drug-likeness (QED) is 0.574. The molecular weight excluding hydrogens is 406 g/mol. The Morgan fingerprint density at radius 2 is 1.61 bits per heavy atom. The van der Waals surface area contributed by atoms with Crippen molar-refractivity contribution in [3.8, 4) is 10.4 Å². The Hall–Kier alpha value is -1.98. The second kappa shape index (κ2) is 9.66. The molecule has 0 aliphatic heterocycles. The van der Waals surface area contributed by atoms with Gasteiger partial charge in [-0.25, -0.2) is 0 Å². The van der Waals surface area contributed by atoms with E-state index in [1.165, 1.54) is 11.3 Å². The van der Waals surface area contributed by atoms with Crippen LogP contribution in [0.1, 0.15) is 74.9 Å². The summed E-state index contributed by atoms with van der Waals surface area (Å²) in [4.78, 5) is 30.1. The average Bonchev–Trinajstić information content (AvgIpc) is 3.22. The Bertz CT molecular complexity index is 906. The van der Waals surface area contributed by atoms with Crippen LogP contribution in [0.5, 0.6) is 0 Å². The Labute approximate surface area is 189 Å². The molecule has 0 unspecified atom stereocenters. The van der Waals surface area contributed by atoms with Crippen molar-refractivity contribution in [1.82, 2.24) is 0 Å². The fourth-order valence-corrected chi connectivity index (χ4v) is 6.12. The van der Waals surface area contributed by atoms with E-state index in [2.05, 4.69) is 6.92 Å². The number of hydrogen-bond acceptors (Lipinski definition) is 4. The fourth-order valence-electron chi connectivity index (χ4n) is 5.07. The molecule has 2 aliphatic carbocycles. The molecule has 0 bridgehead atoms. The van der Waals surface area contributed by atoms with Gasteiger partial charge in [-0.15, -0.1) is 11.3 Å². The van der Waals surface area contributed by atoms with E-state index in [9.17, 15) is 14.7 Å². The summed E-state index contributed by atoms with van der Waals surface area (Å²) >= 11 is 1.49. The number of benzene rings is 1. The van der Waals surface area contributed by atoms with Crippen LogP contribution in [-0.2, 0) is 4.79 Å². The zero-order chi connectivity index (χ0) is 22.0. The zero-order valence-electron chi connectivity index (χ0n) is 18.5. The monoisotopic (exact) mass is 439 g/mol. The molecule has 166 valence electrons. The molecule has 0 spiro atoms. The summed E-state index contributed by atoms with van der Waals surface area (Å²) in [6.45, 7) is 3.86. The van der Waals surface area contributed by atoms with E-state index in [4.69, 9.17) is 0 Å². The summed E-state index contributed by atoms with van der Waals surface area (Å²) in [6.07, 6.45) is 6.74. The number of carbonyl (C=O) groups is 2. The standard InChI is InChI=1S/C26H33NO3S/c1-17-8-10-20(11-9-17)26(30)27(21-12-14-22(29)15-13-21)23-16-24(31-25(23)18(2)28)19-6-4-3-5-7-19/h3-7,16-17,20-22,29H,8-15H2,1-2H3. The van der Waals surface area contributed by atoms with Crippen LogP contribution >= 0.6 is 11.3 Å². The first kappa shape index (κ1) is 22.2. The van der Waals surface area contributed by atoms with Gasteiger partial charge < -0.3 is 10.0 Å². The normalized spacial score (nSPS) is 26.4. The van der Waals surface area contributed by atoms with E-state index in [-0.39, 0.29) is 29.8 Å². The first-order valence-electron chi connectivity index (χ1n) is 11.7. The number of ketones is 1. The van der Waals surface area contributed by atoms with Gasteiger partial charge in [0.05, 0.1) is 16.7 Å². The molecule has 1 heterocycles. The van der Waals surface area contributed by atoms with Crippen LogP contribution in [-0.4, -0.2) is 28.9 Å². The molecule has 2 saturated carbocycles. The van der Waals surface area contributed by atoms with E-state index >= 15 is 0 Å². The number of amides is 1. The Balaban J connectivity index is 1.73. The lowest BCUT2D eigenvalue weighted by Crippen LogP contribution is -2.47. The second-order valence-corrected chi connectivity index (χ2v) is 10.4. The third-order valence-electron chi connectivity index (χ3n) is 6.98. The van der Waals surface area contributed by atoms with E-state index in [1.54, 1.807) is 6.92 Å². The number of aliphatic hydroxyl groups excluding tert-OH is 1. The van der Waals surface area contributed by atoms with Gasteiger partial charge >= 0.3 is 0 Å². The van der Waals surface area contributed by atoms with E-state index in [0.717, 1.165) is 54.7 Å². The predicted octanol–water partition coefficient (Wildman–Crippen LogP) is 6.08. The van der Waals surface area contributed by atoms with Gasteiger partial charge in [-0.2, -0.15) is 0 Å². The van der Waals surface area contributed by atoms with E-state index < -0.39 is 0 Å². The smallest absolute Gasteiger partial charge is 0.230 e. The van der Waals surface area contributed by atoms with Gasteiger partial charge in [0.2, 0.25) is 5.91 Å². The third-order valence-corrected chi connectivity index (χ3v) is 8.26. The Kier molecular flexibility index (Phi) is 6.92. The largest absolute Gasteiger partial charge is 0.393 e. The lowest BCUT2D eigenvalue weighted by molar-refractivity contribution is -0.124. The summed E-state index contributed by atoms with van der Waals surface area (Å²) < 4.78 is 0. The summed E-state index contributed by atoms with van der Waals surface area (Å²) in [5, 5.41) is 10.0. The first-order chi connectivity index (χ1) is 14.9. The molecule has 4 rings (SSSR count). The molecule has 2 aliphatic rings. The number of Topliss-reactive ketones (excluding diaryl/α,β-unsaturated/α-hetero) is 1. The summed E-state index contributed by atoms with van der Waals surface area (Å²) in [5.74, 6) is 0.894. The predicted molar refractivity (Wildman–Crippen MR) is 127 cm³/mol. The highest BCUT2D eigenvalue weighted by molar-refractivity contribution is 7.18. The first-order valence-corrected chi connectivity index (χ1v) is 12.5. The number of anilines is 1. The maximum absolute atomic E-state index is 13.9. The molecule has 4 nitrogen and oxygen atoms in total. The highest BCUT2D eigenvalue weighted by Crippen LogP contribution is 2.41. The van der Waals surface area contributed by atoms with Crippen LogP contribution in [0.3, 0.4) is 0 Å². The number of nitrogens with zero attached hydrogens (tertiary/aromatic N) is 1. The van der Waals surface area contributed by atoms with E-state index in [1.807, 2.05) is 41.3 Å². The molecular formula is C26H33NO3S. The van der Waals surface area contributed by atoms with Crippen LogP contribution in [0.25, 0.3) is 10.4 Å². The zero-order valence-corrected chi connectivity index (χ0v) is 19.4. The van der Waals surface area contributed by atoms with Crippen molar-refractivity contribution in [3.63, 3.8) is 0 Å². The fraction of sp³-hybridized carbons (Fsp3) is 0.538. The minimum absolute atomic E-state index is 0.00749. The molecule has 2 fully saturated rings. The highest BCUT2D eigenvalue weighted by Gasteiger charge is 2.36. The molecule has 0 saturated heterocycles. The van der Waals surface area contributed by atoms with Crippen LogP contribution in [0.2, 0.25) is 0 Å². The molecule has 1 amide bonds. The van der Waals surface area contributed by atoms with Gasteiger partial charge in [-0.05, 0) is 68.9 Å². The van der Waals surface area contributed by atoms with Gasteiger partial charge in [0, 0.05) is 23.8 Å². The maximum Gasteiger partial charge on any atom is 0.230 e. The van der Waals surface area contributed by atoms with Crippen molar-refractivity contribution in [3.05, 3.63) is 41.3 Å². The molecule has 1 aromatic heterocycles. The van der Waals surface area contributed by atoms with Crippen LogP contribution in [0.4, 0.5) is 5.69 Å². The number of hydrogen-bond donors (Lipinski definition) is 1. The number of carbonyl (C=O) groups excluding carboxylic acids is 2. The molecule has 0 radical (unpaired) electrons. The Morgan fingerprint density at radius 1 is 0.968 bits per heavy atom. The van der Waals surface area contributed by atoms with Crippen molar-refractivity contribution >= 4 is 28.7 Å². The molecule has 31 heavy (non-hydrogen) atoms. The van der Waals surface area contributed by atoms with Crippen LogP contribution in [0.15, 0.2) is 36.4 Å². The third kappa shape index (κ3) is 4.93. The van der Waals surface area contributed by atoms with Crippen molar-refractivity contribution in [1.29, 1.82) is 0 Å². The highest BCUT2D eigenvalue weighted by atomic mass is 32.1. The van der Waals surface area contributed by atoms with Crippen LogP contribution in [0, 0.1) is 11.8 Å². The van der Waals surface area contributed by atoms with Crippen molar-refractivity contribution < 1.29 is 14.7 Å². The molecule has 2 aromatic rings. The minimum Gasteiger partial charge on any atom is -0.393 e. The summed E-state index contributed by atoms with van der Waals surface area (Å²) in [6, 6.07) is 12.2. The summed E-state index contributed by atoms with van der Waals surface area (Å²) in [7, 11) is 0. The number of rotatable bonds is 5. The SMILES string of the molecule is CC(=O)c1sc(-c2ccccc2)cc1N(C(=O)C1CCC(C)CC1)C1CCC(O)CC1. The van der Waals surface area contributed by atoms with Crippen molar-refractivity contribution in [2.75, 3.05) is 4.90 Å². The second-order valence-electron chi connectivity index (χ2n) is 9.37. The maximum atomic E-state index is 13.9.